The quantitative estimate of drug-likeness (QED) is 0.907. The molecule has 2 aromatic rings. The van der Waals surface area contributed by atoms with Gasteiger partial charge in [-0.2, -0.15) is 5.10 Å². The number of amides is 1. The lowest BCUT2D eigenvalue weighted by Gasteiger charge is -2.25. The van der Waals surface area contributed by atoms with Crippen molar-refractivity contribution < 1.29 is 9.90 Å². The Hall–Kier alpha value is -2.14. The Bertz CT molecular complexity index is 723. The number of hydrogen-bond acceptors (Lipinski definition) is 3. The smallest absolute Gasteiger partial charge is 0.254 e. The molecule has 0 radical (unpaired) electrons. The lowest BCUT2D eigenvalue weighted by atomic mass is 9.87. The highest BCUT2D eigenvalue weighted by molar-refractivity contribution is 5.95. The maximum atomic E-state index is 12.5. The molecule has 1 aliphatic carbocycles. The molecule has 2 unspecified atom stereocenters. The van der Waals surface area contributed by atoms with Gasteiger partial charge in [-0.1, -0.05) is 24.6 Å². The number of carbonyl (C=O) groups excluding carboxylic acids is 1. The average Bonchev–Trinajstić information content (AvgIpc) is 2.95. The highest BCUT2D eigenvalue weighted by atomic mass is 16.3. The summed E-state index contributed by atoms with van der Waals surface area (Å²) < 4.78 is 1.81. The SMILES string of the molecule is Cc1ccccc1-n1ncc(C(=O)NCC2CCCC(O)C2)c1C. The Labute approximate surface area is 142 Å². The van der Waals surface area contributed by atoms with Gasteiger partial charge in [-0.3, -0.25) is 4.79 Å². The number of aliphatic hydroxyl groups is 1. The fourth-order valence-corrected chi connectivity index (χ4v) is 3.46. The molecule has 0 saturated heterocycles. The molecule has 1 aromatic heterocycles. The Kier molecular flexibility index (Phi) is 5.00. The maximum Gasteiger partial charge on any atom is 0.254 e. The van der Waals surface area contributed by atoms with Crippen molar-refractivity contribution in [3.05, 3.63) is 47.3 Å². The van der Waals surface area contributed by atoms with Crippen molar-refractivity contribution in [2.75, 3.05) is 6.54 Å². The van der Waals surface area contributed by atoms with E-state index in [1.807, 2.05) is 42.8 Å². The molecule has 1 fully saturated rings. The summed E-state index contributed by atoms with van der Waals surface area (Å²) in [4.78, 5) is 12.5. The van der Waals surface area contributed by atoms with Crippen LogP contribution in [0.2, 0.25) is 0 Å². The Morgan fingerprint density at radius 1 is 1.33 bits per heavy atom. The first-order chi connectivity index (χ1) is 11.6. The summed E-state index contributed by atoms with van der Waals surface area (Å²) in [5.74, 6) is 0.275. The van der Waals surface area contributed by atoms with E-state index in [1.54, 1.807) is 6.20 Å². The Balaban J connectivity index is 1.69. The van der Waals surface area contributed by atoms with Crippen molar-refractivity contribution in [3.8, 4) is 5.69 Å². The van der Waals surface area contributed by atoms with E-state index in [1.165, 1.54) is 0 Å². The number of rotatable bonds is 4. The molecule has 1 heterocycles. The number of aliphatic hydroxyl groups excluding tert-OH is 1. The van der Waals surface area contributed by atoms with E-state index in [0.717, 1.165) is 42.6 Å². The predicted octanol–water partition coefficient (Wildman–Crippen LogP) is 2.77. The Morgan fingerprint density at radius 3 is 2.88 bits per heavy atom. The third-order valence-corrected chi connectivity index (χ3v) is 4.90. The molecule has 2 atom stereocenters. The minimum atomic E-state index is -0.216. The monoisotopic (exact) mass is 327 g/mol. The van der Waals surface area contributed by atoms with E-state index in [0.29, 0.717) is 18.0 Å². The first-order valence-electron chi connectivity index (χ1n) is 8.63. The summed E-state index contributed by atoms with van der Waals surface area (Å²) in [5.41, 5.74) is 3.55. The molecule has 5 nitrogen and oxygen atoms in total. The standard InChI is InChI=1S/C19H25N3O2/c1-13-6-3-4-9-18(13)22-14(2)17(12-21-22)19(24)20-11-15-7-5-8-16(23)10-15/h3-4,6,9,12,15-16,23H,5,7-8,10-11H2,1-2H3,(H,20,24). The minimum Gasteiger partial charge on any atom is -0.393 e. The van der Waals surface area contributed by atoms with Crippen LogP contribution >= 0.6 is 0 Å². The van der Waals surface area contributed by atoms with Crippen LogP contribution in [0, 0.1) is 19.8 Å². The number of aryl methyl sites for hydroxylation is 1. The van der Waals surface area contributed by atoms with Crippen molar-refractivity contribution in [2.24, 2.45) is 5.92 Å². The zero-order valence-electron chi connectivity index (χ0n) is 14.3. The summed E-state index contributed by atoms with van der Waals surface area (Å²) in [6, 6.07) is 7.99. The van der Waals surface area contributed by atoms with Gasteiger partial charge in [0.2, 0.25) is 0 Å². The van der Waals surface area contributed by atoms with E-state index in [9.17, 15) is 9.90 Å². The van der Waals surface area contributed by atoms with E-state index in [2.05, 4.69) is 10.4 Å². The lowest BCUT2D eigenvalue weighted by Crippen LogP contribution is -2.33. The van der Waals surface area contributed by atoms with Crippen LogP contribution in [-0.4, -0.2) is 33.4 Å². The predicted molar refractivity (Wildman–Crippen MR) is 93.3 cm³/mol. The third kappa shape index (κ3) is 3.51. The molecule has 0 spiro atoms. The largest absolute Gasteiger partial charge is 0.393 e. The molecule has 3 rings (SSSR count). The van der Waals surface area contributed by atoms with E-state index < -0.39 is 0 Å². The lowest BCUT2D eigenvalue weighted by molar-refractivity contribution is 0.0873. The third-order valence-electron chi connectivity index (χ3n) is 4.90. The van der Waals surface area contributed by atoms with Gasteiger partial charge in [0, 0.05) is 6.54 Å². The number of benzene rings is 1. The van der Waals surface area contributed by atoms with Crippen molar-refractivity contribution in [3.63, 3.8) is 0 Å². The number of nitrogens with one attached hydrogen (secondary N) is 1. The van der Waals surface area contributed by atoms with E-state index in [4.69, 9.17) is 0 Å². The zero-order chi connectivity index (χ0) is 17.1. The number of para-hydroxylation sites is 1. The second kappa shape index (κ2) is 7.18. The first-order valence-corrected chi connectivity index (χ1v) is 8.63. The van der Waals surface area contributed by atoms with Gasteiger partial charge in [0.1, 0.15) is 0 Å². The van der Waals surface area contributed by atoms with Crippen LogP contribution in [0.25, 0.3) is 5.69 Å². The molecule has 1 saturated carbocycles. The molecule has 2 N–H and O–H groups in total. The van der Waals surface area contributed by atoms with Gasteiger partial charge in [-0.05, 0) is 50.7 Å². The first kappa shape index (κ1) is 16.7. The molecule has 5 heteroatoms. The number of aromatic nitrogens is 2. The molecule has 0 aliphatic heterocycles. The number of carbonyl (C=O) groups is 1. The van der Waals surface area contributed by atoms with Crippen molar-refractivity contribution in [2.45, 2.75) is 45.6 Å². The summed E-state index contributed by atoms with van der Waals surface area (Å²) in [6.45, 7) is 4.56. The molecule has 1 amide bonds. The van der Waals surface area contributed by atoms with Crippen molar-refractivity contribution in [1.29, 1.82) is 0 Å². The highest BCUT2D eigenvalue weighted by Crippen LogP contribution is 2.24. The van der Waals surface area contributed by atoms with Crippen LogP contribution in [0.15, 0.2) is 30.5 Å². The highest BCUT2D eigenvalue weighted by Gasteiger charge is 2.22. The second-order valence-corrected chi connectivity index (χ2v) is 6.74. The number of nitrogens with zero attached hydrogens (tertiary/aromatic N) is 2. The maximum absolute atomic E-state index is 12.5. The molecular weight excluding hydrogens is 302 g/mol. The fourth-order valence-electron chi connectivity index (χ4n) is 3.46. The molecule has 1 aliphatic rings. The van der Waals surface area contributed by atoms with Crippen LogP contribution in [0.5, 0.6) is 0 Å². The van der Waals surface area contributed by atoms with Crippen LogP contribution < -0.4 is 5.32 Å². The summed E-state index contributed by atoms with van der Waals surface area (Å²) >= 11 is 0. The summed E-state index contributed by atoms with van der Waals surface area (Å²) in [7, 11) is 0. The molecule has 24 heavy (non-hydrogen) atoms. The van der Waals surface area contributed by atoms with Crippen LogP contribution in [0.3, 0.4) is 0 Å². The topological polar surface area (TPSA) is 67.2 Å². The average molecular weight is 327 g/mol. The summed E-state index contributed by atoms with van der Waals surface area (Å²) in [6.07, 6.45) is 5.18. The zero-order valence-corrected chi connectivity index (χ0v) is 14.3. The fraction of sp³-hybridized carbons (Fsp3) is 0.474. The van der Waals surface area contributed by atoms with Gasteiger partial charge in [-0.25, -0.2) is 4.68 Å². The normalized spacial score (nSPS) is 20.8. The van der Waals surface area contributed by atoms with Gasteiger partial charge >= 0.3 is 0 Å². The van der Waals surface area contributed by atoms with Gasteiger partial charge in [-0.15, -0.1) is 0 Å². The van der Waals surface area contributed by atoms with Gasteiger partial charge in [0.15, 0.2) is 0 Å². The van der Waals surface area contributed by atoms with Crippen molar-refractivity contribution >= 4 is 5.91 Å². The van der Waals surface area contributed by atoms with E-state index >= 15 is 0 Å². The van der Waals surface area contributed by atoms with Gasteiger partial charge < -0.3 is 10.4 Å². The van der Waals surface area contributed by atoms with Crippen molar-refractivity contribution in [1.82, 2.24) is 15.1 Å². The molecule has 1 aromatic carbocycles. The van der Waals surface area contributed by atoms with Gasteiger partial charge in [0.25, 0.3) is 5.91 Å². The van der Waals surface area contributed by atoms with E-state index in [-0.39, 0.29) is 12.0 Å². The minimum absolute atomic E-state index is 0.0904. The van der Waals surface area contributed by atoms with Gasteiger partial charge in [0.05, 0.1) is 29.2 Å². The molecular formula is C19H25N3O2. The Morgan fingerprint density at radius 2 is 2.12 bits per heavy atom. The van der Waals surface area contributed by atoms with Crippen LogP contribution in [0.4, 0.5) is 0 Å². The number of hydrogen-bond donors (Lipinski definition) is 2. The van der Waals surface area contributed by atoms with Crippen LogP contribution in [0.1, 0.15) is 47.3 Å². The molecule has 128 valence electrons. The molecule has 0 bridgehead atoms. The van der Waals surface area contributed by atoms with Crippen LogP contribution in [-0.2, 0) is 0 Å². The summed E-state index contributed by atoms with van der Waals surface area (Å²) in [5, 5.41) is 17.1. The second-order valence-electron chi connectivity index (χ2n) is 6.74.